The molecule has 0 aromatic heterocycles. The van der Waals surface area contributed by atoms with E-state index in [9.17, 15) is 108 Å². The second-order valence-corrected chi connectivity index (χ2v) is 25.9. The van der Waals surface area contributed by atoms with Crippen LogP contribution in [0.5, 0.6) is 0 Å². The molecule has 3 amide bonds. The van der Waals surface area contributed by atoms with Crippen LogP contribution < -0.4 is 298 Å². The second-order valence-electron chi connectivity index (χ2n) is 15.5. The minimum absolute atomic E-state index is 0. The van der Waals surface area contributed by atoms with Crippen LogP contribution in [0, 0.1) is 0 Å². The minimum atomic E-state index is -5.76. The summed E-state index contributed by atoms with van der Waals surface area (Å²) in [4.78, 5) is 33.8. The third-order valence-electron chi connectivity index (χ3n) is 10.5. The second kappa shape index (κ2) is 39.9. The predicted octanol–water partition coefficient (Wildman–Crippen LogP) is -26.9. The van der Waals surface area contributed by atoms with Crippen LogP contribution in [0.15, 0.2) is 135 Å². The SMILES string of the molecule is O=C(Nc1cc2c(S(=O)(=O)[O-])cc(S(=O)(=O)[O-])cc2cc1SOO[O-])c1cc(C(=O)Nc2cc3c(S(=O)(=O)[O-])cc(S(=O)(=O)[O-])cc3cc2SOO[O-])cc(C(=O)Nc2cc3c(S(=O)(=O)[O-])cc(SOO[O-])cc3cc2S(=O)(=O)[O-])c1.[Na+].[Na+].[Na+].[Na+].[Na+].[Na+].[Na+].[Na+].[Na+]. The molecule has 0 aliphatic carbocycles. The van der Waals surface area contributed by atoms with Crippen LogP contribution in [0.1, 0.15) is 31.1 Å². The van der Waals surface area contributed by atoms with Crippen LogP contribution in [0.2, 0.25) is 0 Å². The summed E-state index contributed by atoms with van der Waals surface area (Å²) in [5.74, 6) is -4.61. The molecule has 7 aromatic rings. The van der Waals surface area contributed by atoms with E-state index < -0.39 is 184 Å². The summed E-state index contributed by atoms with van der Waals surface area (Å²) in [5, 5.41) is 44.7. The van der Waals surface area contributed by atoms with Crippen molar-refractivity contribution in [1.29, 1.82) is 0 Å². The summed E-state index contributed by atoms with van der Waals surface area (Å²) < 4.78 is 234. The maximum absolute atomic E-state index is 14.3. The van der Waals surface area contributed by atoms with E-state index in [1.54, 1.807) is 0 Å². The summed E-state index contributed by atoms with van der Waals surface area (Å²) in [7, 11) is -33.7. The van der Waals surface area contributed by atoms with Crippen molar-refractivity contribution in [3.8, 4) is 0 Å². The first-order valence-electron chi connectivity index (χ1n) is 20.1. The van der Waals surface area contributed by atoms with Crippen LogP contribution in [0.4, 0.5) is 17.1 Å². The Kier molecular flexibility index (Phi) is 43.0. The van der Waals surface area contributed by atoms with Crippen molar-refractivity contribution in [1.82, 2.24) is 0 Å². The standard InChI is InChI=1S/C39H27N3O30S9.9Na/c43-37(40-28-13-25-17(7-31(28)74-71-68-47)5-23(76(49,50)51)11-34(25)79(58,59)60)19-1-20(38(44)41-29-14-26-18(8-32(29)75-72-69-48)6-24(77(52,53)54)12-35(26)80(61,62)63)3-21(2-19)39(45)42-30-15-27-16(9-36(30)81(64,65)66)4-22(73-70-67-46)10-33(27)78(55,56)57;;;;;;;;;/h1-15,46-48H,(H,40,43)(H,41,44)(H,42,45)(H,49,50,51)(H,52,53,54)(H,55,56,57)(H,58,59,60)(H,61,62,63)(H,64,65,66);;;;;;;;;/q;9*+1/p-9. The van der Waals surface area contributed by atoms with Gasteiger partial charge in [-0.2, -0.15) is 13.0 Å². The molecular formula is C39H18N3Na9O30S9. The van der Waals surface area contributed by atoms with Gasteiger partial charge in [0.2, 0.25) is 0 Å². The van der Waals surface area contributed by atoms with Crippen molar-refractivity contribution in [2.45, 2.75) is 44.1 Å². The van der Waals surface area contributed by atoms with E-state index in [0.29, 0.717) is 60.7 Å². The summed E-state index contributed by atoms with van der Waals surface area (Å²) in [5.41, 5.74) is -5.11. The fourth-order valence-corrected chi connectivity index (χ4v) is 12.8. The van der Waals surface area contributed by atoms with Gasteiger partial charge in [-0.1, -0.05) is 0 Å². The summed E-state index contributed by atoms with van der Waals surface area (Å²) in [6, 6.07) is 8.78. The first kappa shape index (κ1) is 97.1. The van der Waals surface area contributed by atoms with Crippen LogP contribution in [-0.2, 0) is 88.8 Å². The average Bonchev–Trinajstić information content (AvgIpc) is 0.820. The Morgan fingerprint density at radius 3 is 0.922 bits per heavy atom. The molecule has 0 aliphatic rings. The Morgan fingerprint density at radius 2 is 0.611 bits per heavy atom. The number of fused-ring (bicyclic) bond motifs is 3. The molecule has 0 spiro atoms. The van der Waals surface area contributed by atoms with Gasteiger partial charge < -0.3 is 59.0 Å². The third-order valence-corrected chi connectivity index (χ3v) is 17.5. The van der Waals surface area contributed by atoms with Gasteiger partial charge in [-0.05, 0) is 107 Å². The van der Waals surface area contributed by atoms with E-state index in [-0.39, 0.29) is 319 Å². The molecule has 7 aromatic carbocycles. The van der Waals surface area contributed by atoms with Gasteiger partial charge in [0.15, 0.2) is 0 Å². The topological polar surface area (TPSA) is 555 Å². The van der Waals surface area contributed by atoms with Crippen molar-refractivity contribution in [2.75, 3.05) is 16.0 Å². The summed E-state index contributed by atoms with van der Waals surface area (Å²) in [6.45, 7) is 0. The number of hydrogen-bond acceptors (Lipinski definition) is 33. The first-order valence-corrected chi connectivity index (χ1v) is 30.8. The van der Waals surface area contributed by atoms with Crippen LogP contribution >= 0.6 is 36.1 Å². The number of carbonyl (C=O) groups is 3. The Hall–Kier alpha value is 2.88. The molecule has 33 nitrogen and oxygen atoms in total. The largest absolute Gasteiger partial charge is 1.00 e. The number of amides is 3. The molecule has 0 bridgehead atoms. The molecule has 0 unspecified atom stereocenters. The zero-order chi connectivity index (χ0) is 59.9. The molecule has 51 heteroatoms. The molecule has 0 fully saturated rings. The van der Waals surface area contributed by atoms with Gasteiger partial charge in [0.1, 0.15) is 60.7 Å². The van der Waals surface area contributed by atoms with Crippen molar-refractivity contribution in [2.24, 2.45) is 0 Å². The Labute approximate surface area is 720 Å². The van der Waals surface area contributed by atoms with Gasteiger partial charge in [-0.3, -0.25) is 29.5 Å². The zero-order valence-corrected chi connectivity index (χ0v) is 72.4. The minimum Gasteiger partial charge on any atom is -0.744 e. The Morgan fingerprint density at radius 1 is 0.322 bits per heavy atom. The molecule has 0 heterocycles. The summed E-state index contributed by atoms with van der Waals surface area (Å²) in [6.07, 6.45) is 0. The van der Waals surface area contributed by atoms with Crippen molar-refractivity contribution in [3.05, 3.63) is 108 Å². The molecule has 0 saturated heterocycles. The van der Waals surface area contributed by atoms with Gasteiger partial charge in [0.25, 0.3) is 17.7 Å². The van der Waals surface area contributed by atoms with Gasteiger partial charge in [0.05, 0.1) is 92.4 Å². The first-order chi connectivity index (χ1) is 37.5. The van der Waals surface area contributed by atoms with E-state index in [2.05, 4.69) is 38.7 Å². The zero-order valence-electron chi connectivity index (χ0n) is 47.1. The van der Waals surface area contributed by atoms with Crippen molar-refractivity contribution >= 4 is 164 Å². The van der Waals surface area contributed by atoms with Gasteiger partial charge in [-0.15, -0.1) is 0 Å². The maximum Gasteiger partial charge on any atom is 1.00 e. The number of nitrogens with one attached hydrogen (secondary N) is 3. The maximum atomic E-state index is 14.3. The van der Waals surface area contributed by atoms with Crippen LogP contribution in [-0.4, -0.2) is 95.5 Å². The number of benzene rings is 7. The molecule has 0 saturated carbocycles. The molecule has 90 heavy (non-hydrogen) atoms. The van der Waals surface area contributed by atoms with Gasteiger partial charge >= 0.3 is 266 Å². The molecule has 0 atom stereocenters. The fourth-order valence-electron chi connectivity index (χ4n) is 7.34. The van der Waals surface area contributed by atoms with E-state index in [1.165, 1.54) is 0 Å². The number of carbonyl (C=O) groups excluding carboxylic acids is 3. The molecule has 7 rings (SSSR count). The smallest absolute Gasteiger partial charge is 0.744 e. The molecule has 0 aliphatic heterocycles. The molecular weight excluding hydrogens is 1490 g/mol. The van der Waals surface area contributed by atoms with Crippen molar-refractivity contribution in [3.63, 3.8) is 0 Å². The Bertz CT molecular complexity index is 4370. The van der Waals surface area contributed by atoms with Crippen molar-refractivity contribution < 1.29 is 402 Å². The quantitative estimate of drug-likeness (QED) is 0.0198. The third kappa shape index (κ3) is 25.1. The van der Waals surface area contributed by atoms with E-state index in [1.807, 2.05) is 5.32 Å². The number of rotatable bonds is 21. The molecule has 0 radical (unpaired) electrons. The van der Waals surface area contributed by atoms with E-state index in [4.69, 9.17) is 0 Å². The van der Waals surface area contributed by atoms with Gasteiger partial charge in [-0.25, -0.2) is 50.5 Å². The van der Waals surface area contributed by atoms with Crippen LogP contribution in [0.3, 0.4) is 0 Å². The number of anilines is 3. The van der Waals surface area contributed by atoms with Gasteiger partial charge in [0, 0.05) is 37.7 Å². The molecule has 3 N–H and O–H groups in total. The normalized spacial score (nSPS) is 11.4. The predicted molar refractivity (Wildman–Crippen MR) is 254 cm³/mol. The number of hydrogen-bond donors (Lipinski definition) is 3. The average molecular weight is 1500 g/mol. The van der Waals surface area contributed by atoms with E-state index >= 15 is 0 Å². The van der Waals surface area contributed by atoms with Crippen LogP contribution in [0.25, 0.3) is 32.3 Å². The fraction of sp³-hybridized carbons (Fsp3) is 0. The molecule has 432 valence electrons. The summed E-state index contributed by atoms with van der Waals surface area (Å²) >= 11 is -0.105. The monoisotopic (exact) mass is 1500 g/mol. The Balaban J connectivity index is -0.00000841. The van der Waals surface area contributed by atoms with E-state index in [0.717, 1.165) is 18.2 Å².